The van der Waals surface area contributed by atoms with E-state index in [-0.39, 0.29) is 28.9 Å². The molecule has 2 fully saturated rings. The van der Waals surface area contributed by atoms with Gasteiger partial charge in [0.2, 0.25) is 0 Å². The minimum atomic E-state index is 0. The Balaban J connectivity index is 0.000000376. The summed E-state index contributed by atoms with van der Waals surface area (Å²) < 4.78 is 0. The van der Waals surface area contributed by atoms with Gasteiger partial charge in [-0.05, 0) is 90.0 Å². The predicted molar refractivity (Wildman–Crippen MR) is 117 cm³/mol. The van der Waals surface area contributed by atoms with E-state index in [0.717, 1.165) is 18.5 Å². The average Bonchev–Trinajstić information content (AvgIpc) is 3.49. The van der Waals surface area contributed by atoms with Gasteiger partial charge in [-0.1, -0.05) is 24.3 Å². The minimum absolute atomic E-state index is 0. The molecule has 1 aromatic rings. The molecule has 5 rings (SSSR count). The largest absolute Gasteiger partial charge is 2.00 e. The fraction of sp³-hybridized carbons (Fsp3) is 0.231. The van der Waals surface area contributed by atoms with Crippen LogP contribution in [0.2, 0.25) is 0 Å². The number of allylic oxidation sites excluding steroid dienone is 2. The number of hydrogen-bond acceptors (Lipinski definition) is 3. The topological polar surface area (TPSA) is 32.7 Å². The Morgan fingerprint density at radius 1 is 1.00 bits per heavy atom. The molecule has 0 spiro atoms. The molecule has 30 heavy (non-hydrogen) atoms. The van der Waals surface area contributed by atoms with Gasteiger partial charge in [0.1, 0.15) is 0 Å². The number of benzene rings is 1. The number of carbonyl (C=O) groups excluding carboxylic acids is 1. The van der Waals surface area contributed by atoms with Crippen LogP contribution in [0.3, 0.4) is 0 Å². The van der Waals surface area contributed by atoms with Gasteiger partial charge in [-0.25, -0.2) is 0 Å². The number of nitrogens with zero attached hydrogens (tertiary/aromatic N) is 2. The van der Waals surface area contributed by atoms with E-state index in [4.69, 9.17) is 5.10 Å². The molecule has 10 radical (unpaired) electrons. The van der Waals surface area contributed by atoms with Crippen molar-refractivity contribution >= 4 is 11.5 Å². The van der Waals surface area contributed by atoms with Crippen LogP contribution in [0.5, 0.6) is 0 Å². The third kappa shape index (κ3) is 5.08. The normalized spacial score (nSPS) is 25.6. The molecule has 0 saturated heterocycles. The van der Waals surface area contributed by atoms with Crippen LogP contribution >= 0.6 is 0 Å². The summed E-state index contributed by atoms with van der Waals surface area (Å²) >= 11 is 0. The van der Waals surface area contributed by atoms with Crippen molar-refractivity contribution in [3.8, 4) is 0 Å². The quantitative estimate of drug-likeness (QED) is 0.512. The summed E-state index contributed by atoms with van der Waals surface area (Å²) in [7, 11) is 0. The zero-order chi connectivity index (χ0) is 20.2. The molecule has 2 unspecified atom stereocenters. The van der Waals surface area contributed by atoms with Gasteiger partial charge < -0.3 is 0 Å². The third-order valence-corrected chi connectivity index (χ3v) is 5.59. The van der Waals surface area contributed by atoms with E-state index < -0.39 is 0 Å². The molecular weight excluding hydrogens is 412 g/mol. The smallest absolute Gasteiger partial charge is 0.295 e. The Morgan fingerprint density at radius 2 is 1.63 bits per heavy atom. The maximum Gasteiger partial charge on any atom is 2.00 e. The van der Waals surface area contributed by atoms with Gasteiger partial charge in [-0.2, -0.15) is 5.10 Å². The fourth-order valence-corrected chi connectivity index (χ4v) is 4.36. The standard InChI is InChI=1S/C21H21N2O.C5H5.Fe/c1-14(13-15(2)24)23-21(17-8-3-4-9-17)19-12-11-16-7-5-6-10-18(16)20(19)22-23;1-2-4-5-3-1;/h3-10,13,19,21H,11-12H2,1-2H3;1-5H;/q;;+2/b14-13+;;. The van der Waals surface area contributed by atoms with E-state index in [9.17, 15) is 4.79 Å². The van der Waals surface area contributed by atoms with Crippen LogP contribution in [-0.2, 0) is 28.3 Å². The molecule has 3 aliphatic carbocycles. The molecule has 0 N–H and O–H groups in total. The first-order chi connectivity index (χ1) is 14.1. The Morgan fingerprint density at radius 3 is 2.27 bits per heavy atom. The number of rotatable bonds is 3. The van der Waals surface area contributed by atoms with Crippen LogP contribution in [0.25, 0.3) is 0 Å². The van der Waals surface area contributed by atoms with Gasteiger partial charge in [0, 0.05) is 29.2 Å². The summed E-state index contributed by atoms with van der Waals surface area (Å²) in [4.78, 5) is 11.6. The van der Waals surface area contributed by atoms with E-state index in [0.29, 0.717) is 5.92 Å². The molecule has 3 nitrogen and oxygen atoms in total. The number of ketones is 1. The summed E-state index contributed by atoms with van der Waals surface area (Å²) in [6, 6.07) is 8.74. The number of hydrogen-bond donors (Lipinski definition) is 0. The van der Waals surface area contributed by atoms with Crippen molar-refractivity contribution in [3.05, 3.63) is 111 Å². The van der Waals surface area contributed by atoms with Crippen molar-refractivity contribution in [1.82, 2.24) is 5.01 Å². The van der Waals surface area contributed by atoms with Crippen molar-refractivity contribution in [2.24, 2.45) is 11.0 Å². The minimum Gasteiger partial charge on any atom is -0.295 e. The van der Waals surface area contributed by atoms with Crippen LogP contribution < -0.4 is 0 Å². The first-order valence-corrected chi connectivity index (χ1v) is 10.2. The summed E-state index contributed by atoms with van der Waals surface area (Å²) in [5.74, 6) is 1.70. The molecule has 4 heteroatoms. The maximum absolute atomic E-state index is 11.6. The van der Waals surface area contributed by atoms with Crippen LogP contribution in [-0.4, -0.2) is 22.5 Å². The van der Waals surface area contributed by atoms with Crippen molar-refractivity contribution < 1.29 is 21.9 Å². The fourth-order valence-electron chi connectivity index (χ4n) is 4.36. The predicted octanol–water partition coefficient (Wildman–Crippen LogP) is 4.55. The molecule has 4 aliphatic rings. The van der Waals surface area contributed by atoms with Crippen LogP contribution in [0.1, 0.15) is 31.4 Å². The van der Waals surface area contributed by atoms with Crippen molar-refractivity contribution in [1.29, 1.82) is 0 Å². The zero-order valence-electron chi connectivity index (χ0n) is 17.3. The molecule has 1 heterocycles. The molecule has 152 valence electrons. The molecule has 1 aliphatic heterocycles. The molecule has 1 aromatic carbocycles. The number of hydrazone groups is 1. The monoisotopic (exact) mass is 438 g/mol. The van der Waals surface area contributed by atoms with Gasteiger partial charge in [-0.15, -0.1) is 0 Å². The molecular formula is C26H26FeN2O+2. The summed E-state index contributed by atoms with van der Waals surface area (Å²) in [5.41, 5.74) is 4.72. The van der Waals surface area contributed by atoms with Crippen molar-refractivity contribution in [2.75, 3.05) is 0 Å². The average molecular weight is 438 g/mol. The maximum atomic E-state index is 11.6. The second-order valence-corrected chi connectivity index (χ2v) is 7.65. The van der Waals surface area contributed by atoms with Crippen LogP contribution in [0.15, 0.2) is 41.1 Å². The van der Waals surface area contributed by atoms with E-state index in [1.54, 1.807) is 13.0 Å². The first-order valence-electron chi connectivity index (χ1n) is 10.2. The molecule has 0 bridgehead atoms. The Bertz CT molecular complexity index is 782. The van der Waals surface area contributed by atoms with Crippen molar-refractivity contribution in [2.45, 2.75) is 32.7 Å². The number of fused-ring (bicyclic) bond motifs is 3. The summed E-state index contributed by atoms with van der Waals surface area (Å²) in [5, 5.41) is 7.03. The van der Waals surface area contributed by atoms with E-state index in [1.165, 1.54) is 22.8 Å². The Hall–Kier alpha value is -1.38. The van der Waals surface area contributed by atoms with Crippen LogP contribution in [0, 0.1) is 69.6 Å². The molecule has 0 aromatic heterocycles. The Kier molecular flexibility index (Phi) is 8.36. The van der Waals surface area contributed by atoms with E-state index in [2.05, 4.69) is 55.0 Å². The third-order valence-electron chi connectivity index (χ3n) is 5.59. The summed E-state index contributed by atoms with van der Waals surface area (Å²) in [6.45, 7) is 3.57. The second kappa shape index (κ2) is 10.8. The van der Waals surface area contributed by atoms with Crippen molar-refractivity contribution in [3.63, 3.8) is 0 Å². The zero-order valence-corrected chi connectivity index (χ0v) is 18.4. The van der Waals surface area contributed by atoms with E-state index >= 15 is 0 Å². The molecule has 2 atom stereocenters. The molecule has 2 saturated carbocycles. The van der Waals surface area contributed by atoms with Gasteiger partial charge >= 0.3 is 17.1 Å². The summed E-state index contributed by atoms with van der Waals surface area (Å²) in [6.07, 6.45) is 22.3. The molecule has 0 amide bonds. The van der Waals surface area contributed by atoms with Crippen LogP contribution in [0.4, 0.5) is 0 Å². The Labute approximate surface area is 192 Å². The van der Waals surface area contributed by atoms with E-state index in [1.807, 2.05) is 39.0 Å². The van der Waals surface area contributed by atoms with Gasteiger partial charge in [0.15, 0.2) is 5.78 Å². The second-order valence-electron chi connectivity index (χ2n) is 7.65. The van der Waals surface area contributed by atoms with Gasteiger partial charge in [0.05, 0.1) is 11.8 Å². The van der Waals surface area contributed by atoms with Gasteiger partial charge in [-0.3, -0.25) is 9.80 Å². The number of carbonyl (C=O) groups is 1. The van der Waals surface area contributed by atoms with Gasteiger partial charge in [0.25, 0.3) is 0 Å². The number of aryl methyl sites for hydroxylation is 1. The SMILES string of the molecule is CC(=O)/C=C(\C)N1N=C2c3ccccc3CCC2C1[C]1[CH][CH][CH][CH]1.[CH]1[CH][CH][CH][CH]1.[Fe+2]. The first kappa shape index (κ1) is 23.3.